The number of halogens is 1. The van der Waals surface area contributed by atoms with Crippen molar-refractivity contribution in [1.29, 1.82) is 0 Å². The fourth-order valence-corrected chi connectivity index (χ4v) is 2.64. The number of fused-ring (bicyclic) bond motifs is 1. The molecular weight excluding hydrogens is 292 g/mol. The second-order valence-electron chi connectivity index (χ2n) is 4.42. The summed E-state index contributed by atoms with van der Waals surface area (Å²) in [6, 6.07) is 2.02. The molecule has 0 radical (unpaired) electrons. The fraction of sp³-hybridized carbons (Fsp3) is 0.538. The Morgan fingerprint density at radius 1 is 1.39 bits per heavy atom. The second-order valence-corrected chi connectivity index (χ2v) is 5.34. The number of hydrogen-bond donors (Lipinski definition) is 1. The maximum Gasteiger partial charge on any atom is 0.160 e. The lowest BCUT2D eigenvalue weighted by Gasteiger charge is -2.14. The van der Waals surface area contributed by atoms with E-state index in [2.05, 4.69) is 39.3 Å². The van der Waals surface area contributed by atoms with Crippen molar-refractivity contribution < 1.29 is 0 Å². The Morgan fingerprint density at radius 2 is 2.11 bits per heavy atom. The maximum atomic E-state index is 5.71. The summed E-state index contributed by atoms with van der Waals surface area (Å²) in [6.07, 6.45) is 3.99. The molecule has 0 aromatic carbocycles. The number of imidazole rings is 1. The minimum Gasteiger partial charge on any atom is -0.329 e. The fourth-order valence-electron chi connectivity index (χ4n) is 2.32. The number of aromatic nitrogens is 3. The van der Waals surface area contributed by atoms with Crippen LogP contribution in [0.4, 0.5) is 0 Å². The molecular formula is C13H19BrN4. The molecule has 2 heterocycles. The van der Waals surface area contributed by atoms with Gasteiger partial charge in [0, 0.05) is 29.7 Å². The molecule has 2 aromatic heterocycles. The SMILES string of the molecule is CCC(CC)c1nc2cc(Br)cnc2n1CCN. The van der Waals surface area contributed by atoms with Gasteiger partial charge in [-0.25, -0.2) is 9.97 Å². The summed E-state index contributed by atoms with van der Waals surface area (Å²) >= 11 is 3.44. The van der Waals surface area contributed by atoms with E-state index < -0.39 is 0 Å². The minimum atomic E-state index is 0.476. The van der Waals surface area contributed by atoms with Gasteiger partial charge in [-0.3, -0.25) is 0 Å². The zero-order chi connectivity index (χ0) is 13.1. The van der Waals surface area contributed by atoms with E-state index >= 15 is 0 Å². The highest BCUT2D eigenvalue weighted by Crippen LogP contribution is 2.26. The van der Waals surface area contributed by atoms with Gasteiger partial charge in [-0.15, -0.1) is 0 Å². The molecule has 0 saturated carbocycles. The molecule has 0 amide bonds. The molecule has 2 N–H and O–H groups in total. The molecule has 0 atom stereocenters. The van der Waals surface area contributed by atoms with Crippen LogP contribution in [0, 0.1) is 0 Å². The number of nitrogens with zero attached hydrogens (tertiary/aromatic N) is 3. The van der Waals surface area contributed by atoms with Gasteiger partial charge < -0.3 is 10.3 Å². The molecule has 0 aliphatic rings. The molecule has 0 saturated heterocycles. The predicted molar refractivity (Wildman–Crippen MR) is 77.6 cm³/mol. The Morgan fingerprint density at radius 3 is 2.72 bits per heavy atom. The van der Waals surface area contributed by atoms with E-state index in [-0.39, 0.29) is 0 Å². The standard InChI is InChI=1S/C13H19BrN4/c1-3-9(4-2)12-17-11-7-10(14)8-16-13(11)18(12)6-5-15/h7-9H,3-6,15H2,1-2H3. The van der Waals surface area contributed by atoms with E-state index in [0.717, 1.165) is 40.8 Å². The molecule has 18 heavy (non-hydrogen) atoms. The summed E-state index contributed by atoms with van der Waals surface area (Å²) in [4.78, 5) is 9.22. The van der Waals surface area contributed by atoms with Crippen LogP contribution in [-0.2, 0) is 6.54 Å². The lowest BCUT2D eigenvalue weighted by atomic mass is 10.0. The smallest absolute Gasteiger partial charge is 0.160 e. The topological polar surface area (TPSA) is 56.7 Å². The van der Waals surface area contributed by atoms with E-state index in [0.29, 0.717) is 12.5 Å². The van der Waals surface area contributed by atoms with Crippen molar-refractivity contribution in [3.8, 4) is 0 Å². The van der Waals surface area contributed by atoms with Crippen LogP contribution in [0.3, 0.4) is 0 Å². The van der Waals surface area contributed by atoms with Crippen LogP contribution in [0.5, 0.6) is 0 Å². The Balaban J connectivity index is 2.59. The first-order chi connectivity index (χ1) is 8.71. The van der Waals surface area contributed by atoms with E-state index in [1.807, 2.05) is 12.3 Å². The first kappa shape index (κ1) is 13.5. The Labute approximate surface area is 116 Å². The Hall–Kier alpha value is -0.940. The quantitative estimate of drug-likeness (QED) is 0.923. The normalized spacial score (nSPS) is 11.6. The van der Waals surface area contributed by atoms with Gasteiger partial charge in [0.2, 0.25) is 0 Å². The maximum absolute atomic E-state index is 5.71. The number of pyridine rings is 1. The van der Waals surface area contributed by atoms with Crippen LogP contribution >= 0.6 is 15.9 Å². The summed E-state index contributed by atoms with van der Waals surface area (Å²) in [6.45, 7) is 5.78. The molecule has 2 rings (SSSR count). The van der Waals surface area contributed by atoms with Gasteiger partial charge in [0.05, 0.1) is 0 Å². The monoisotopic (exact) mass is 310 g/mol. The van der Waals surface area contributed by atoms with Crippen LogP contribution in [0.2, 0.25) is 0 Å². The van der Waals surface area contributed by atoms with Crippen molar-refractivity contribution >= 4 is 27.1 Å². The molecule has 98 valence electrons. The molecule has 2 aromatic rings. The van der Waals surface area contributed by atoms with Crippen LogP contribution in [0.15, 0.2) is 16.7 Å². The Bertz CT molecular complexity index is 531. The number of rotatable bonds is 5. The summed E-state index contributed by atoms with van der Waals surface area (Å²) in [5.41, 5.74) is 7.59. The van der Waals surface area contributed by atoms with Crippen molar-refractivity contribution in [1.82, 2.24) is 14.5 Å². The van der Waals surface area contributed by atoms with Crippen molar-refractivity contribution in [2.45, 2.75) is 39.2 Å². The van der Waals surface area contributed by atoms with Crippen molar-refractivity contribution in [2.24, 2.45) is 5.73 Å². The van der Waals surface area contributed by atoms with Gasteiger partial charge in [0.25, 0.3) is 0 Å². The van der Waals surface area contributed by atoms with E-state index in [1.54, 1.807) is 0 Å². The van der Waals surface area contributed by atoms with Gasteiger partial charge >= 0.3 is 0 Å². The van der Waals surface area contributed by atoms with Gasteiger partial charge in [-0.2, -0.15) is 0 Å². The lowest BCUT2D eigenvalue weighted by molar-refractivity contribution is 0.555. The van der Waals surface area contributed by atoms with Crippen LogP contribution in [0.25, 0.3) is 11.2 Å². The van der Waals surface area contributed by atoms with E-state index in [1.165, 1.54) is 0 Å². The lowest BCUT2D eigenvalue weighted by Crippen LogP contribution is -2.15. The predicted octanol–water partition coefficient (Wildman–Crippen LogP) is 3.06. The molecule has 0 spiro atoms. The molecule has 5 heteroatoms. The van der Waals surface area contributed by atoms with Crippen molar-refractivity contribution in [3.05, 3.63) is 22.6 Å². The van der Waals surface area contributed by atoms with Crippen LogP contribution in [-0.4, -0.2) is 21.1 Å². The molecule has 0 bridgehead atoms. The third-order valence-electron chi connectivity index (χ3n) is 3.28. The highest BCUT2D eigenvalue weighted by atomic mass is 79.9. The Kier molecular flexibility index (Phi) is 4.35. The highest BCUT2D eigenvalue weighted by molar-refractivity contribution is 9.10. The first-order valence-electron chi connectivity index (χ1n) is 6.43. The van der Waals surface area contributed by atoms with Gasteiger partial charge in [0.15, 0.2) is 5.65 Å². The van der Waals surface area contributed by atoms with Gasteiger partial charge in [0.1, 0.15) is 11.3 Å². The summed E-state index contributed by atoms with van der Waals surface area (Å²) in [5.74, 6) is 1.59. The number of nitrogens with two attached hydrogens (primary N) is 1. The minimum absolute atomic E-state index is 0.476. The van der Waals surface area contributed by atoms with Crippen LogP contribution < -0.4 is 5.73 Å². The second kappa shape index (κ2) is 5.80. The van der Waals surface area contributed by atoms with Gasteiger partial charge in [-0.1, -0.05) is 13.8 Å². The summed E-state index contributed by atoms with van der Waals surface area (Å²) in [7, 11) is 0. The molecule has 0 fully saturated rings. The molecule has 0 aliphatic carbocycles. The van der Waals surface area contributed by atoms with E-state index in [9.17, 15) is 0 Å². The zero-order valence-electron chi connectivity index (χ0n) is 10.9. The average molecular weight is 311 g/mol. The van der Waals surface area contributed by atoms with Crippen LogP contribution in [0.1, 0.15) is 38.4 Å². The van der Waals surface area contributed by atoms with E-state index in [4.69, 9.17) is 10.7 Å². The summed E-state index contributed by atoms with van der Waals surface area (Å²) < 4.78 is 3.13. The van der Waals surface area contributed by atoms with Crippen molar-refractivity contribution in [3.63, 3.8) is 0 Å². The third kappa shape index (κ3) is 2.42. The zero-order valence-corrected chi connectivity index (χ0v) is 12.4. The van der Waals surface area contributed by atoms with Crippen molar-refractivity contribution in [2.75, 3.05) is 6.54 Å². The molecule has 4 nitrogen and oxygen atoms in total. The molecule has 0 aliphatic heterocycles. The van der Waals surface area contributed by atoms with Gasteiger partial charge in [-0.05, 0) is 34.8 Å². The largest absolute Gasteiger partial charge is 0.329 e. The third-order valence-corrected chi connectivity index (χ3v) is 3.72. The average Bonchev–Trinajstić information content (AvgIpc) is 2.70. The number of hydrogen-bond acceptors (Lipinski definition) is 3. The molecule has 0 unspecified atom stereocenters. The highest BCUT2D eigenvalue weighted by Gasteiger charge is 2.18. The summed E-state index contributed by atoms with van der Waals surface area (Å²) in [5, 5.41) is 0. The first-order valence-corrected chi connectivity index (χ1v) is 7.22.